The van der Waals surface area contributed by atoms with Crippen LogP contribution in [0.3, 0.4) is 0 Å². The van der Waals surface area contributed by atoms with E-state index in [1.54, 1.807) is 57.7 Å². The highest BCUT2D eigenvalue weighted by Crippen LogP contribution is 2.45. The van der Waals surface area contributed by atoms with Gasteiger partial charge in [-0.2, -0.15) is 0 Å². The number of thiophene rings is 4. The molecule has 24 heteroatoms. The summed E-state index contributed by atoms with van der Waals surface area (Å²) in [7, 11) is -4.98. The molecule has 0 aliphatic rings. The van der Waals surface area contributed by atoms with Crippen molar-refractivity contribution in [1.29, 1.82) is 0 Å². The molecule has 0 aliphatic carbocycles. The molecule has 0 spiro atoms. The second-order valence-corrected chi connectivity index (χ2v) is 30.0. The van der Waals surface area contributed by atoms with E-state index < -0.39 is 17.6 Å². The Kier molecular flexibility index (Phi) is 25.4. The number of fused-ring (bicyclic) bond motifs is 2. The highest BCUT2D eigenvalue weighted by molar-refractivity contribution is 14.1. The molecule has 10 aromatic rings. The van der Waals surface area contributed by atoms with Crippen LogP contribution in [-0.2, 0) is 33.1 Å². The number of pyridine rings is 4. The number of hydrogen-bond donors (Lipinski definition) is 0. The Labute approximate surface area is 529 Å². The van der Waals surface area contributed by atoms with Gasteiger partial charge in [0.15, 0.2) is 23.4 Å². The molecular formula is C58H70I2N8O8S4Si2. The predicted molar refractivity (Wildman–Crippen MR) is 339 cm³/mol. The van der Waals surface area contributed by atoms with Crippen LogP contribution >= 0.6 is 67.9 Å². The van der Waals surface area contributed by atoms with E-state index in [1.807, 2.05) is 53.7 Å². The topological polar surface area (TPSA) is 176 Å². The predicted octanol–water partition coefficient (Wildman–Crippen LogP) is 12.7. The third-order valence-electron chi connectivity index (χ3n) is 12.6. The first-order chi connectivity index (χ1) is 39.4. The fraction of sp³-hybridized carbons (Fsp3) is 0.379. The van der Waals surface area contributed by atoms with Crippen LogP contribution in [0, 0.1) is 27.7 Å². The first-order valence-corrected chi connectivity index (χ1v) is 36.0. The summed E-state index contributed by atoms with van der Waals surface area (Å²) < 4.78 is 48.9. The minimum absolute atomic E-state index is 0. The van der Waals surface area contributed by atoms with Crippen LogP contribution in [0.5, 0.6) is 0 Å². The maximum atomic E-state index is 6.02. The number of aromatic nitrogens is 8. The maximum absolute atomic E-state index is 6.02. The van der Waals surface area contributed by atoms with E-state index in [0.717, 1.165) is 111 Å². The Morgan fingerprint density at radius 1 is 0.451 bits per heavy atom. The summed E-state index contributed by atoms with van der Waals surface area (Å²) in [6.07, 6.45) is 9.76. The molecule has 436 valence electrons. The standard InChI is InChI=1S/C29H35N4O4S2Si.C20H14N4OS2.C9H21IO3Si.HI/c1-6-34-40(35-7-2,36-8-3)19-9-16-33-17-14-22(15-18-33)26-25(23-12-10-20(4)38-23)28-29(32-37-31-28)27(30-26)24-13-11-21(5)39-24;1-11-3-5-14(26-11)16-17(13-7-9-21-10-8-13)22-18(15-6-4-12(2)27-15)20-19(16)23-25-24-20;1-4-11-14(12-5-2,13-6-3)9-7-8-10;/h10-15,17-18H,6-9,16,19H2,1-5H3;3-10H,1-2H3;4-9H2,1-3H3;1H/q+1;;;/p-1. The minimum Gasteiger partial charge on any atom is -1.00 e. The van der Waals surface area contributed by atoms with Gasteiger partial charge >= 0.3 is 17.6 Å². The monoisotopic (exact) mass is 1440 g/mol. The summed E-state index contributed by atoms with van der Waals surface area (Å²) >= 11 is 9.18. The van der Waals surface area contributed by atoms with Gasteiger partial charge in [-0.15, -0.1) is 45.3 Å². The Morgan fingerprint density at radius 2 is 0.805 bits per heavy atom. The lowest BCUT2D eigenvalue weighted by Gasteiger charge is -2.28. The quantitative estimate of drug-likeness (QED) is 0.0228. The lowest BCUT2D eigenvalue weighted by atomic mass is 10.0. The van der Waals surface area contributed by atoms with E-state index in [2.05, 4.69) is 154 Å². The van der Waals surface area contributed by atoms with Crippen LogP contribution in [0.25, 0.3) is 86.6 Å². The molecule has 10 aromatic heterocycles. The Balaban J connectivity index is 0.000000198. The molecule has 0 saturated carbocycles. The van der Waals surface area contributed by atoms with Crippen LogP contribution in [0.15, 0.2) is 107 Å². The van der Waals surface area contributed by atoms with Crippen molar-refractivity contribution in [2.45, 2.75) is 101 Å². The number of hydrogen-bond acceptors (Lipinski definition) is 19. The zero-order chi connectivity index (χ0) is 57.4. The minimum atomic E-state index is -2.66. The summed E-state index contributed by atoms with van der Waals surface area (Å²) in [5.41, 5.74) is 10.1. The average molecular weight is 1450 g/mol. The van der Waals surface area contributed by atoms with Crippen molar-refractivity contribution >= 4 is 108 Å². The molecule has 0 aromatic carbocycles. The molecule has 0 bridgehead atoms. The molecule has 0 radical (unpaired) electrons. The SMILES string of the molecule is CCO[Si](CCCI)(OCC)OCC.CCO[Si](CCC[n+]1ccc(-c2nc(-c3ccc(C)s3)c3nonc3c2-c2ccc(C)s2)cc1)(OCC)OCC.Cc1ccc(-c2nc(-c3ccncc3)c(-c3ccc(C)s3)c3nonc23)s1.[I-]. The van der Waals surface area contributed by atoms with Gasteiger partial charge in [0, 0.05) is 134 Å². The Morgan fingerprint density at radius 3 is 1.16 bits per heavy atom. The molecule has 10 rings (SSSR count). The number of alkyl halides is 1. The fourth-order valence-electron chi connectivity index (χ4n) is 9.21. The molecule has 0 amide bonds. The molecule has 82 heavy (non-hydrogen) atoms. The normalized spacial score (nSPS) is 11.6. The number of aryl methyl sites for hydroxylation is 5. The van der Waals surface area contributed by atoms with Gasteiger partial charge in [-0.1, -0.05) is 22.6 Å². The van der Waals surface area contributed by atoms with E-state index in [-0.39, 0.29) is 24.0 Å². The number of halogens is 2. The van der Waals surface area contributed by atoms with Gasteiger partial charge in [0.2, 0.25) is 0 Å². The van der Waals surface area contributed by atoms with Crippen LogP contribution in [0.1, 0.15) is 73.9 Å². The summed E-state index contributed by atoms with van der Waals surface area (Å²) in [6, 6.07) is 26.7. The summed E-state index contributed by atoms with van der Waals surface area (Å²) in [5, 5.41) is 17.1. The van der Waals surface area contributed by atoms with Gasteiger partial charge in [0.25, 0.3) is 0 Å². The molecular weight excluding hydrogens is 1370 g/mol. The zero-order valence-corrected chi connectivity index (χ0v) is 57.5. The van der Waals surface area contributed by atoms with Crippen LogP contribution in [0.2, 0.25) is 12.1 Å². The van der Waals surface area contributed by atoms with Crippen LogP contribution < -0.4 is 28.5 Å². The molecule has 10 heterocycles. The van der Waals surface area contributed by atoms with Crippen molar-refractivity contribution in [3.63, 3.8) is 0 Å². The second-order valence-electron chi connectivity index (χ2n) is 18.4. The van der Waals surface area contributed by atoms with Crippen LogP contribution in [0.4, 0.5) is 0 Å². The van der Waals surface area contributed by atoms with Crippen molar-refractivity contribution in [3.05, 3.63) is 117 Å². The lowest BCUT2D eigenvalue weighted by Crippen LogP contribution is -3.00. The summed E-state index contributed by atoms with van der Waals surface area (Å²) in [4.78, 5) is 23.6. The number of nitrogens with zero attached hydrogens (tertiary/aromatic N) is 8. The first-order valence-electron chi connectivity index (χ1n) is 27.3. The van der Waals surface area contributed by atoms with Gasteiger partial charge in [0.05, 0.1) is 21.1 Å². The third-order valence-corrected chi connectivity index (χ3v) is 23.7. The third kappa shape index (κ3) is 16.2. The summed E-state index contributed by atoms with van der Waals surface area (Å²) in [6.45, 7) is 24.9. The van der Waals surface area contributed by atoms with Crippen LogP contribution in [-0.4, -0.2) is 97.3 Å². The highest BCUT2D eigenvalue weighted by Gasteiger charge is 2.41. The molecule has 0 unspecified atom stereocenters. The van der Waals surface area contributed by atoms with Gasteiger partial charge < -0.3 is 50.5 Å². The second kappa shape index (κ2) is 31.8. The highest BCUT2D eigenvalue weighted by atomic mass is 127. The largest absolute Gasteiger partial charge is 1.00 e. The zero-order valence-electron chi connectivity index (χ0n) is 48.0. The Hall–Kier alpha value is -4.15. The smallest absolute Gasteiger partial charge is 0.501 e. The first kappa shape index (κ1) is 65.4. The van der Waals surface area contributed by atoms with E-state index in [0.29, 0.717) is 50.7 Å². The van der Waals surface area contributed by atoms with Crippen molar-refractivity contribution in [2.24, 2.45) is 0 Å². The van der Waals surface area contributed by atoms with Gasteiger partial charge in [-0.3, -0.25) is 4.98 Å². The van der Waals surface area contributed by atoms with E-state index in [1.165, 1.54) is 19.5 Å². The molecule has 0 atom stereocenters. The van der Waals surface area contributed by atoms with Crippen molar-refractivity contribution in [2.75, 3.05) is 44.1 Å². The molecule has 0 aliphatic heterocycles. The van der Waals surface area contributed by atoms with Gasteiger partial charge in [-0.05, 0) is 161 Å². The fourth-order valence-corrected chi connectivity index (χ4v) is 19.1. The maximum Gasteiger partial charge on any atom is 0.501 e. The Bertz CT molecular complexity index is 3520. The van der Waals surface area contributed by atoms with Crippen molar-refractivity contribution in [1.82, 2.24) is 35.6 Å². The van der Waals surface area contributed by atoms with E-state index >= 15 is 0 Å². The van der Waals surface area contributed by atoms with Gasteiger partial charge in [0.1, 0.15) is 29.0 Å². The van der Waals surface area contributed by atoms with E-state index in [4.69, 9.17) is 45.8 Å². The molecule has 16 nitrogen and oxygen atoms in total. The average Bonchev–Trinajstić information content (AvgIpc) is 4.57. The number of rotatable bonds is 25. The summed E-state index contributed by atoms with van der Waals surface area (Å²) in [5.74, 6) is 0. The van der Waals surface area contributed by atoms with E-state index in [9.17, 15) is 0 Å². The molecule has 0 N–H and O–H groups in total. The lowest BCUT2D eigenvalue weighted by molar-refractivity contribution is -0.696. The van der Waals surface area contributed by atoms with Gasteiger partial charge in [-0.25, -0.2) is 23.8 Å². The van der Waals surface area contributed by atoms with Crippen molar-refractivity contribution in [3.8, 4) is 64.5 Å². The molecule has 0 saturated heterocycles. The molecule has 0 fully saturated rings. The van der Waals surface area contributed by atoms with Crippen molar-refractivity contribution < 1.29 is 64.4 Å².